The van der Waals surface area contributed by atoms with Gasteiger partial charge in [0, 0.05) is 5.71 Å². The predicted molar refractivity (Wildman–Crippen MR) is 68.5 cm³/mol. The van der Waals surface area contributed by atoms with Gasteiger partial charge in [-0.3, -0.25) is 9.59 Å². The molecule has 0 spiro atoms. The summed E-state index contributed by atoms with van der Waals surface area (Å²) in [5.74, 6) is -1.15. The van der Waals surface area contributed by atoms with Crippen molar-refractivity contribution in [2.45, 2.75) is 13.8 Å². The van der Waals surface area contributed by atoms with E-state index in [1.54, 1.807) is 38.1 Å². The van der Waals surface area contributed by atoms with Gasteiger partial charge in [0.25, 0.3) is 0 Å². The van der Waals surface area contributed by atoms with Crippen LogP contribution < -0.4 is 15.5 Å². The molecule has 0 aliphatic carbocycles. The van der Waals surface area contributed by atoms with Crippen molar-refractivity contribution in [2.75, 3.05) is 12.4 Å². The van der Waals surface area contributed by atoms with Gasteiger partial charge in [-0.15, -0.1) is 0 Å². The van der Waals surface area contributed by atoms with E-state index >= 15 is 0 Å². The molecule has 96 valence electrons. The van der Waals surface area contributed by atoms with Crippen LogP contribution in [0.4, 0.5) is 5.69 Å². The van der Waals surface area contributed by atoms with E-state index in [2.05, 4.69) is 15.8 Å². The Morgan fingerprint density at radius 2 is 1.83 bits per heavy atom. The molecule has 0 radical (unpaired) electrons. The fourth-order valence-corrected chi connectivity index (χ4v) is 1.14. The van der Waals surface area contributed by atoms with Crippen molar-refractivity contribution in [1.29, 1.82) is 0 Å². The molecule has 0 fully saturated rings. The Labute approximate surface area is 105 Å². The lowest BCUT2D eigenvalue weighted by Crippen LogP contribution is -2.32. The lowest BCUT2D eigenvalue weighted by atomic mass is 10.3. The van der Waals surface area contributed by atoms with Crippen LogP contribution in [-0.2, 0) is 9.59 Å². The number of carbonyl (C=O) groups excluding carboxylic acids is 2. The van der Waals surface area contributed by atoms with E-state index < -0.39 is 11.8 Å². The number of hydrogen-bond donors (Lipinski definition) is 2. The Balaban J connectivity index is 2.70. The molecule has 0 aliphatic rings. The third kappa shape index (κ3) is 3.89. The first-order valence-corrected chi connectivity index (χ1v) is 5.30. The molecule has 0 aromatic heterocycles. The number of amides is 2. The van der Waals surface area contributed by atoms with Crippen molar-refractivity contribution in [3.05, 3.63) is 24.3 Å². The molecule has 0 saturated heterocycles. The van der Waals surface area contributed by atoms with Gasteiger partial charge in [0.15, 0.2) is 0 Å². The molecule has 6 nitrogen and oxygen atoms in total. The summed E-state index contributed by atoms with van der Waals surface area (Å²) in [5.41, 5.74) is 3.21. The Hall–Kier alpha value is -2.37. The summed E-state index contributed by atoms with van der Waals surface area (Å²) in [5, 5.41) is 6.09. The van der Waals surface area contributed by atoms with Gasteiger partial charge in [-0.05, 0) is 26.0 Å². The lowest BCUT2D eigenvalue weighted by Gasteiger charge is -2.08. The highest BCUT2D eigenvalue weighted by molar-refractivity contribution is 6.39. The van der Waals surface area contributed by atoms with Crippen LogP contribution >= 0.6 is 0 Å². The van der Waals surface area contributed by atoms with Gasteiger partial charge in [-0.1, -0.05) is 12.1 Å². The molecule has 2 N–H and O–H groups in total. The molecule has 0 heterocycles. The summed E-state index contributed by atoms with van der Waals surface area (Å²) in [7, 11) is 1.48. The number of anilines is 1. The number of para-hydroxylation sites is 2. The zero-order valence-electron chi connectivity index (χ0n) is 10.5. The standard InChI is InChI=1S/C12H15N3O3/c1-8(2)14-15-12(17)11(16)13-9-6-4-5-7-10(9)18-3/h4-7H,1-3H3,(H,13,16)(H,15,17). The Bertz CT molecular complexity index is 479. The maximum atomic E-state index is 11.5. The molecule has 6 heteroatoms. The van der Waals surface area contributed by atoms with Gasteiger partial charge < -0.3 is 10.1 Å². The summed E-state index contributed by atoms with van der Waals surface area (Å²) in [6.45, 7) is 3.41. The van der Waals surface area contributed by atoms with Crippen molar-refractivity contribution in [3.63, 3.8) is 0 Å². The minimum Gasteiger partial charge on any atom is -0.495 e. The maximum absolute atomic E-state index is 11.5. The molecular weight excluding hydrogens is 234 g/mol. The summed E-state index contributed by atoms with van der Waals surface area (Å²) >= 11 is 0. The molecule has 0 saturated carbocycles. The van der Waals surface area contributed by atoms with Gasteiger partial charge in [0.2, 0.25) is 0 Å². The largest absolute Gasteiger partial charge is 0.495 e. The Morgan fingerprint density at radius 1 is 1.17 bits per heavy atom. The fourth-order valence-electron chi connectivity index (χ4n) is 1.14. The first-order valence-electron chi connectivity index (χ1n) is 5.30. The highest BCUT2D eigenvalue weighted by Crippen LogP contribution is 2.22. The van der Waals surface area contributed by atoms with E-state index in [1.807, 2.05) is 0 Å². The number of methoxy groups -OCH3 is 1. The molecule has 18 heavy (non-hydrogen) atoms. The van der Waals surface area contributed by atoms with Gasteiger partial charge in [-0.2, -0.15) is 5.10 Å². The van der Waals surface area contributed by atoms with Crippen LogP contribution in [0.15, 0.2) is 29.4 Å². The monoisotopic (exact) mass is 249 g/mol. The smallest absolute Gasteiger partial charge is 0.329 e. The summed E-state index contributed by atoms with van der Waals surface area (Å²) in [6.07, 6.45) is 0. The number of nitrogens with zero attached hydrogens (tertiary/aromatic N) is 1. The zero-order chi connectivity index (χ0) is 13.5. The number of nitrogens with one attached hydrogen (secondary N) is 2. The highest BCUT2D eigenvalue weighted by atomic mass is 16.5. The van der Waals surface area contributed by atoms with E-state index in [0.29, 0.717) is 17.1 Å². The molecule has 1 aromatic rings. The Morgan fingerprint density at radius 3 is 2.44 bits per heavy atom. The van der Waals surface area contributed by atoms with Gasteiger partial charge in [-0.25, -0.2) is 5.43 Å². The average molecular weight is 249 g/mol. The number of ether oxygens (including phenoxy) is 1. The second-order valence-corrected chi connectivity index (χ2v) is 3.65. The highest BCUT2D eigenvalue weighted by Gasteiger charge is 2.14. The van der Waals surface area contributed by atoms with Crippen LogP contribution in [0.2, 0.25) is 0 Å². The molecule has 0 bridgehead atoms. The zero-order valence-corrected chi connectivity index (χ0v) is 10.5. The van der Waals surface area contributed by atoms with Crippen LogP contribution in [0, 0.1) is 0 Å². The molecule has 2 amide bonds. The second-order valence-electron chi connectivity index (χ2n) is 3.65. The van der Waals surface area contributed by atoms with Crippen molar-refractivity contribution in [2.24, 2.45) is 5.10 Å². The quantitative estimate of drug-likeness (QED) is 0.479. The van der Waals surface area contributed by atoms with Crippen molar-refractivity contribution in [1.82, 2.24) is 5.43 Å². The van der Waals surface area contributed by atoms with E-state index in [-0.39, 0.29) is 0 Å². The van der Waals surface area contributed by atoms with Crippen molar-refractivity contribution < 1.29 is 14.3 Å². The lowest BCUT2D eigenvalue weighted by molar-refractivity contribution is -0.136. The number of hydrogen-bond acceptors (Lipinski definition) is 4. The molecular formula is C12H15N3O3. The summed E-state index contributed by atoms with van der Waals surface area (Å²) < 4.78 is 5.05. The van der Waals surface area contributed by atoms with E-state index in [0.717, 1.165) is 0 Å². The Kier molecular flexibility index (Phi) is 4.86. The summed E-state index contributed by atoms with van der Waals surface area (Å²) in [4.78, 5) is 22.9. The van der Waals surface area contributed by atoms with Gasteiger partial charge in [0.1, 0.15) is 5.75 Å². The van der Waals surface area contributed by atoms with Gasteiger partial charge >= 0.3 is 11.8 Å². The minimum absolute atomic E-state index is 0.428. The number of benzene rings is 1. The van der Waals surface area contributed by atoms with Crippen LogP contribution in [0.25, 0.3) is 0 Å². The summed E-state index contributed by atoms with van der Waals surface area (Å²) in [6, 6.07) is 6.81. The van der Waals surface area contributed by atoms with E-state index in [4.69, 9.17) is 4.74 Å². The first-order chi connectivity index (χ1) is 8.54. The second kappa shape index (κ2) is 6.39. The topological polar surface area (TPSA) is 79.8 Å². The number of hydrazone groups is 1. The van der Waals surface area contributed by atoms with Crippen LogP contribution in [0.3, 0.4) is 0 Å². The molecule has 0 atom stereocenters. The molecule has 0 unspecified atom stereocenters. The van der Waals surface area contributed by atoms with Crippen LogP contribution in [-0.4, -0.2) is 24.6 Å². The van der Waals surface area contributed by atoms with Crippen molar-refractivity contribution in [3.8, 4) is 5.75 Å². The SMILES string of the molecule is COc1ccccc1NC(=O)C(=O)NN=C(C)C. The fraction of sp³-hybridized carbons (Fsp3) is 0.250. The van der Waals surface area contributed by atoms with E-state index in [9.17, 15) is 9.59 Å². The minimum atomic E-state index is -0.831. The molecule has 1 rings (SSSR count). The van der Waals surface area contributed by atoms with Gasteiger partial charge in [0.05, 0.1) is 12.8 Å². The number of rotatable bonds is 3. The maximum Gasteiger partial charge on any atom is 0.329 e. The normalized spacial score (nSPS) is 9.28. The first kappa shape index (κ1) is 13.7. The predicted octanol–water partition coefficient (Wildman–Crippen LogP) is 1.15. The van der Waals surface area contributed by atoms with Crippen molar-refractivity contribution >= 4 is 23.2 Å². The number of carbonyl (C=O) groups is 2. The molecule has 1 aromatic carbocycles. The van der Waals surface area contributed by atoms with Crippen LogP contribution in [0.5, 0.6) is 5.75 Å². The van der Waals surface area contributed by atoms with Crippen LogP contribution in [0.1, 0.15) is 13.8 Å². The average Bonchev–Trinajstić information content (AvgIpc) is 2.36. The third-order valence-electron chi connectivity index (χ3n) is 1.94. The third-order valence-corrected chi connectivity index (χ3v) is 1.94. The van der Waals surface area contributed by atoms with E-state index in [1.165, 1.54) is 7.11 Å². The molecule has 0 aliphatic heterocycles.